The van der Waals surface area contributed by atoms with E-state index in [1.54, 1.807) is 4.68 Å². The van der Waals surface area contributed by atoms with Crippen LogP contribution in [0, 0.1) is 13.8 Å². The average molecular weight is 459 g/mol. The quantitative estimate of drug-likeness (QED) is 0.402. The Morgan fingerprint density at radius 1 is 1.23 bits per heavy atom. The van der Waals surface area contributed by atoms with Gasteiger partial charge in [-0.05, 0) is 49.1 Å². The molecule has 4 rings (SSSR count). The highest BCUT2D eigenvalue weighted by Gasteiger charge is 2.14. The predicted octanol–water partition coefficient (Wildman–Crippen LogP) is 5.71. The third-order valence-corrected chi connectivity index (χ3v) is 6.59. The highest BCUT2D eigenvalue weighted by molar-refractivity contribution is 7.14. The molecule has 4 aromatic rings. The van der Waals surface area contributed by atoms with Crippen LogP contribution in [0.25, 0.3) is 11.3 Å². The topological polar surface area (TPSA) is 69.0 Å². The van der Waals surface area contributed by atoms with E-state index < -0.39 is 0 Å². The third kappa shape index (κ3) is 4.56. The Kier molecular flexibility index (Phi) is 5.90. The maximum absolute atomic E-state index is 12.6. The van der Waals surface area contributed by atoms with Crippen molar-refractivity contribution in [2.75, 3.05) is 5.32 Å². The fourth-order valence-corrected chi connectivity index (χ4v) is 4.52. The molecule has 0 unspecified atom stereocenters. The van der Waals surface area contributed by atoms with Crippen LogP contribution in [0.1, 0.15) is 26.5 Å². The van der Waals surface area contributed by atoms with Gasteiger partial charge >= 0.3 is 0 Å². The van der Waals surface area contributed by atoms with E-state index in [4.69, 9.17) is 16.3 Å². The number of nitrogens with one attached hydrogen (secondary N) is 1. The Labute approximate surface area is 187 Å². The SMILES string of the molecule is Cc1cc(OCc2csc(C(=O)Nc3nc(-c4cn(C)nc4C)cs3)c2)ccc1Cl. The van der Waals surface area contributed by atoms with E-state index in [2.05, 4.69) is 15.4 Å². The van der Waals surface area contributed by atoms with Crippen molar-refractivity contribution in [3.63, 3.8) is 0 Å². The lowest BCUT2D eigenvalue weighted by Gasteiger charge is -2.06. The Bertz CT molecular complexity index is 1210. The number of hydrogen-bond acceptors (Lipinski definition) is 6. The van der Waals surface area contributed by atoms with E-state index in [1.165, 1.54) is 22.7 Å². The number of aryl methyl sites for hydroxylation is 3. The largest absolute Gasteiger partial charge is 0.489 e. The number of halogens is 1. The molecule has 0 saturated carbocycles. The fraction of sp³-hybridized carbons (Fsp3) is 0.190. The molecule has 0 fully saturated rings. The first-order valence-corrected chi connectivity index (χ1v) is 11.3. The number of thiazole rings is 1. The van der Waals surface area contributed by atoms with Gasteiger partial charge in [-0.2, -0.15) is 5.10 Å². The number of carbonyl (C=O) groups excluding carboxylic acids is 1. The zero-order chi connectivity index (χ0) is 21.3. The van der Waals surface area contributed by atoms with Crippen molar-refractivity contribution in [3.05, 3.63) is 67.9 Å². The summed E-state index contributed by atoms with van der Waals surface area (Å²) in [4.78, 5) is 17.7. The smallest absolute Gasteiger partial charge is 0.267 e. The van der Waals surface area contributed by atoms with Crippen molar-refractivity contribution in [1.29, 1.82) is 0 Å². The summed E-state index contributed by atoms with van der Waals surface area (Å²) < 4.78 is 7.56. The number of rotatable bonds is 6. The zero-order valence-corrected chi connectivity index (χ0v) is 19.0. The summed E-state index contributed by atoms with van der Waals surface area (Å²) in [5.74, 6) is 0.563. The number of anilines is 1. The molecule has 0 bridgehead atoms. The summed E-state index contributed by atoms with van der Waals surface area (Å²) in [6, 6.07) is 7.38. The van der Waals surface area contributed by atoms with Crippen LogP contribution in [0.15, 0.2) is 41.2 Å². The Balaban J connectivity index is 1.38. The minimum Gasteiger partial charge on any atom is -0.489 e. The minimum atomic E-state index is -0.183. The van der Waals surface area contributed by atoms with Crippen LogP contribution >= 0.6 is 34.3 Å². The zero-order valence-electron chi connectivity index (χ0n) is 16.6. The lowest BCUT2D eigenvalue weighted by Crippen LogP contribution is -2.09. The van der Waals surface area contributed by atoms with Crippen molar-refractivity contribution in [1.82, 2.24) is 14.8 Å². The average Bonchev–Trinajstić information content (AvgIpc) is 3.43. The summed E-state index contributed by atoms with van der Waals surface area (Å²) in [6.45, 7) is 4.25. The van der Waals surface area contributed by atoms with Crippen molar-refractivity contribution in [2.45, 2.75) is 20.5 Å². The van der Waals surface area contributed by atoms with Crippen LogP contribution in [0.3, 0.4) is 0 Å². The second kappa shape index (κ2) is 8.59. The number of carbonyl (C=O) groups is 1. The second-order valence-corrected chi connectivity index (χ2v) is 8.99. The normalized spacial score (nSPS) is 10.9. The van der Waals surface area contributed by atoms with E-state index in [0.29, 0.717) is 21.6 Å². The first kappa shape index (κ1) is 20.6. The number of thiophene rings is 1. The first-order valence-electron chi connectivity index (χ1n) is 9.13. The molecule has 0 spiro atoms. The standard InChI is InChI=1S/C21H19ClN4O2S2/c1-12-6-15(4-5-17(12)22)28-9-14-7-19(29-10-14)20(27)24-21-23-18(11-30-21)16-8-26(3)25-13(16)2/h4-8,10-11H,9H2,1-3H3,(H,23,24,27). The third-order valence-electron chi connectivity index (χ3n) is 4.43. The molecule has 30 heavy (non-hydrogen) atoms. The summed E-state index contributed by atoms with van der Waals surface area (Å²) in [7, 11) is 1.87. The van der Waals surface area contributed by atoms with Crippen LogP contribution in [0.2, 0.25) is 5.02 Å². The maximum atomic E-state index is 12.6. The van der Waals surface area contributed by atoms with Gasteiger partial charge in [0.25, 0.3) is 5.91 Å². The Morgan fingerprint density at radius 2 is 2.07 bits per heavy atom. The van der Waals surface area contributed by atoms with Crippen molar-refractivity contribution >= 4 is 45.3 Å². The molecule has 3 heterocycles. The monoisotopic (exact) mass is 458 g/mol. The molecule has 0 aliphatic rings. The van der Waals surface area contributed by atoms with Gasteiger partial charge in [-0.25, -0.2) is 4.98 Å². The van der Waals surface area contributed by atoms with Gasteiger partial charge in [-0.3, -0.25) is 14.8 Å². The molecule has 1 aromatic carbocycles. The lowest BCUT2D eigenvalue weighted by atomic mass is 10.2. The van der Waals surface area contributed by atoms with Crippen LogP contribution < -0.4 is 10.1 Å². The number of ether oxygens (including phenoxy) is 1. The molecule has 6 nitrogen and oxygen atoms in total. The summed E-state index contributed by atoms with van der Waals surface area (Å²) >= 11 is 8.81. The molecule has 0 atom stereocenters. The molecule has 154 valence electrons. The molecule has 0 saturated heterocycles. The van der Waals surface area contributed by atoms with Gasteiger partial charge in [0.05, 0.1) is 16.3 Å². The van der Waals surface area contributed by atoms with E-state index >= 15 is 0 Å². The van der Waals surface area contributed by atoms with Crippen molar-refractivity contribution < 1.29 is 9.53 Å². The fourth-order valence-electron chi connectivity index (χ4n) is 2.91. The molecule has 9 heteroatoms. The van der Waals surface area contributed by atoms with Crippen LogP contribution in [-0.4, -0.2) is 20.7 Å². The molecule has 3 aromatic heterocycles. The van der Waals surface area contributed by atoms with Gasteiger partial charge in [0.15, 0.2) is 5.13 Å². The van der Waals surface area contributed by atoms with E-state index in [-0.39, 0.29) is 5.91 Å². The minimum absolute atomic E-state index is 0.183. The molecular formula is C21H19ClN4O2S2. The highest BCUT2D eigenvalue weighted by atomic mass is 35.5. The van der Waals surface area contributed by atoms with Gasteiger partial charge in [-0.15, -0.1) is 22.7 Å². The van der Waals surface area contributed by atoms with Crippen LogP contribution in [0.4, 0.5) is 5.13 Å². The number of amides is 1. The molecule has 0 aliphatic carbocycles. The number of nitrogens with zero attached hydrogens (tertiary/aromatic N) is 3. The number of aromatic nitrogens is 3. The molecule has 0 aliphatic heterocycles. The molecule has 0 radical (unpaired) electrons. The van der Waals surface area contributed by atoms with Crippen molar-refractivity contribution in [3.8, 4) is 17.0 Å². The summed E-state index contributed by atoms with van der Waals surface area (Å²) in [5.41, 5.74) is 4.56. The van der Waals surface area contributed by atoms with E-state index in [1.807, 2.05) is 62.1 Å². The first-order chi connectivity index (χ1) is 14.4. The lowest BCUT2D eigenvalue weighted by molar-refractivity contribution is 0.103. The van der Waals surface area contributed by atoms with Crippen LogP contribution in [0.5, 0.6) is 5.75 Å². The summed E-state index contributed by atoms with van der Waals surface area (Å²) in [6.07, 6.45) is 1.92. The van der Waals surface area contributed by atoms with Gasteiger partial charge in [-0.1, -0.05) is 11.6 Å². The molecule has 1 N–H and O–H groups in total. The number of benzene rings is 1. The second-order valence-electron chi connectivity index (χ2n) is 6.81. The van der Waals surface area contributed by atoms with Gasteiger partial charge < -0.3 is 4.74 Å². The molecule has 1 amide bonds. The molecular weight excluding hydrogens is 440 g/mol. The highest BCUT2D eigenvalue weighted by Crippen LogP contribution is 2.28. The predicted molar refractivity (Wildman–Crippen MR) is 122 cm³/mol. The van der Waals surface area contributed by atoms with Gasteiger partial charge in [0.1, 0.15) is 12.4 Å². The van der Waals surface area contributed by atoms with Gasteiger partial charge in [0.2, 0.25) is 0 Å². The van der Waals surface area contributed by atoms with Crippen LogP contribution in [-0.2, 0) is 13.7 Å². The van der Waals surface area contributed by atoms with Crippen molar-refractivity contribution in [2.24, 2.45) is 7.05 Å². The van der Waals surface area contributed by atoms with E-state index in [9.17, 15) is 4.79 Å². The van der Waals surface area contributed by atoms with E-state index in [0.717, 1.165) is 33.8 Å². The maximum Gasteiger partial charge on any atom is 0.267 e. The summed E-state index contributed by atoms with van der Waals surface area (Å²) in [5, 5.41) is 12.3. The Morgan fingerprint density at radius 3 is 2.80 bits per heavy atom. The Hall–Kier alpha value is -2.68. The number of hydrogen-bond donors (Lipinski definition) is 1. The van der Waals surface area contributed by atoms with Gasteiger partial charge in [0, 0.05) is 34.8 Å².